The molecule has 0 aliphatic heterocycles. The first-order valence-electron chi connectivity index (χ1n) is 7.45. The Hall–Kier alpha value is -2.33. The highest BCUT2D eigenvalue weighted by atomic mass is 35.5. The van der Waals surface area contributed by atoms with Crippen LogP contribution in [0.3, 0.4) is 0 Å². The van der Waals surface area contributed by atoms with Crippen LogP contribution in [0.15, 0.2) is 36.4 Å². The highest BCUT2D eigenvalue weighted by Gasteiger charge is 2.21. The van der Waals surface area contributed by atoms with Crippen LogP contribution in [0.25, 0.3) is 0 Å². The van der Waals surface area contributed by atoms with Gasteiger partial charge in [-0.15, -0.1) is 0 Å². The minimum atomic E-state index is -0.570. The van der Waals surface area contributed by atoms with Crippen LogP contribution >= 0.6 is 11.6 Å². The Morgan fingerprint density at radius 3 is 2.46 bits per heavy atom. The number of hydrogen-bond donors (Lipinski definition) is 0. The van der Waals surface area contributed by atoms with E-state index in [1.165, 1.54) is 6.07 Å². The minimum absolute atomic E-state index is 0.138. The third-order valence-corrected chi connectivity index (χ3v) is 3.77. The van der Waals surface area contributed by atoms with Gasteiger partial charge >= 0.3 is 5.97 Å². The molecule has 2 aromatic rings. The Balaban J connectivity index is 2.42. The van der Waals surface area contributed by atoms with Gasteiger partial charge in [-0.2, -0.15) is 0 Å². The second-order valence-electron chi connectivity index (χ2n) is 6.48. The van der Waals surface area contributed by atoms with Crippen molar-refractivity contribution in [2.75, 3.05) is 0 Å². The Kier molecular flexibility index (Phi) is 5.30. The van der Waals surface area contributed by atoms with Crippen molar-refractivity contribution in [1.82, 2.24) is 0 Å². The van der Waals surface area contributed by atoms with E-state index in [0.717, 1.165) is 5.56 Å². The number of halogens is 1. The first kappa shape index (κ1) is 18.0. The van der Waals surface area contributed by atoms with Crippen LogP contribution in [0.5, 0.6) is 11.5 Å². The van der Waals surface area contributed by atoms with Gasteiger partial charge in [0.15, 0.2) is 11.5 Å². The summed E-state index contributed by atoms with van der Waals surface area (Å²) in [6.07, 6.45) is 0. The minimum Gasteiger partial charge on any atom is -0.425 e. The highest BCUT2D eigenvalue weighted by molar-refractivity contribution is 6.30. The van der Waals surface area contributed by atoms with Crippen molar-refractivity contribution >= 4 is 24.0 Å². The molecule has 24 heavy (non-hydrogen) atoms. The van der Waals surface area contributed by atoms with E-state index >= 15 is 0 Å². The van der Waals surface area contributed by atoms with E-state index in [4.69, 9.17) is 21.1 Å². The number of hydrogen-bond acceptors (Lipinski definition) is 4. The Morgan fingerprint density at radius 1 is 1.17 bits per heavy atom. The zero-order valence-electron chi connectivity index (χ0n) is 14.1. The monoisotopic (exact) mass is 346 g/mol. The summed E-state index contributed by atoms with van der Waals surface area (Å²) in [4.78, 5) is 23.2. The zero-order valence-corrected chi connectivity index (χ0v) is 14.8. The summed E-state index contributed by atoms with van der Waals surface area (Å²) in [5, 5.41) is 0.439. The van der Waals surface area contributed by atoms with Crippen LogP contribution < -0.4 is 9.47 Å². The number of carbonyl (C=O) groups excluding carboxylic acids is 2. The van der Waals surface area contributed by atoms with Gasteiger partial charge in [-0.05, 0) is 47.7 Å². The van der Waals surface area contributed by atoms with Gasteiger partial charge in [0, 0.05) is 5.02 Å². The van der Waals surface area contributed by atoms with Crippen LogP contribution in [0.2, 0.25) is 5.02 Å². The Morgan fingerprint density at radius 2 is 1.88 bits per heavy atom. The molecule has 0 saturated carbocycles. The molecule has 0 aromatic heterocycles. The number of benzene rings is 2. The number of carbonyl (C=O) groups is 2. The van der Waals surface area contributed by atoms with Crippen LogP contribution in [-0.4, -0.2) is 12.4 Å². The molecule has 4 nitrogen and oxygen atoms in total. The first-order valence-corrected chi connectivity index (χ1v) is 7.83. The number of aryl methyl sites for hydroxylation is 1. The lowest BCUT2D eigenvalue weighted by Gasteiger charge is -2.22. The molecule has 2 aromatic carbocycles. The third-order valence-electron chi connectivity index (χ3n) is 3.54. The molecule has 2 rings (SSSR count). The predicted octanol–water partition coefficient (Wildman–Crippen LogP) is 4.70. The molecule has 0 N–H and O–H groups in total. The molecule has 0 radical (unpaired) electrons. The standard InChI is InChI=1S/C19H19ClO4/c1-12-8-14(19(2,3)4)10-16(23-11-21)17(12)24-18(22)13-6-5-7-15(20)9-13/h5-11H,1-4H3. The number of esters is 1. The topological polar surface area (TPSA) is 52.6 Å². The van der Waals surface area contributed by atoms with Crippen molar-refractivity contribution in [3.8, 4) is 11.5 Å². The van der Waals surface area contributed by atoms with E-state index in [0.29, 0.717) is 22.6 Å². The summed E-state index contributed by atoms with van der Waals surface area (Å²) < 4.78 is 10.5. The first-order chi connectivity index (χ1) is 11.2. The molecule has 0 heterocycles. The summed E-state index contributed by atoms with van der Waals surface area (Å²) in [6, 6.07) is 10.1. The van der Waals surface area contributed by atoms with Crippen molar-refractivity contribution < 1.29 is 19.1 Å². The Labute approximate surface area is 146 Å². The number of ether oxygens (including phenoxy) is 2. The van der Waals surface area contributed by atoms with Gasteiger partial charge in [0.1, 0.15) is 0 Å². The van der Waals surface area contributed by atoms with Crippen molar-refractivity contribution in [2.24, 2.45) is 0 Å². The molecule has 0 fully saturated rings. The average molecular weight is 347 g/mol. The van der Waals surface area contributed by atoms with Crippen LogP contribution in [-0.2, 0) is 10.2 Å². The van der Waals surface area contributed by atoms with Gasteiger partial charge in [-0.1, -0.05) is 44.5 Å². The molecule has 126 valence electrons. The molecule has 0 atom stereocenters. The van der Waals surface area contributed by atoms with Gasteiger partial charge in [0.05, 0.1) is 5.56 Å². The van der Waals surface area contributed by atoms with Gasteiger partial charge in [0.25, 0.3) is 6.47 Å². The van der Waals surface area contributed by atoms with E-state index in [-0.39, 0.29) is 16.9 Å². The van der Waals surface area contributed by atoms with Crippen molar-refractivity contribution in [3.05, 3.63) is 58.1 Å². The summed E-state index contributed by atoms with van der Waals surface area (Å²) in [5.74, 6) is -0.134. The molecule has 5 heteroatoms. The summed E-state index contributed by atoms with van der Waals surface area (Å²) in [7, 11) is 0. The lowest BCUT2D eigenvalue weighted by molar-refractivity contribution is -0.120. The van der Waals surface area contributed by atoms with Gasteiger partial charge < -0.3 is 9.47 Å². The molecule has 0 saturated heterocycles. The van der Waals surface area contributed by atoms with E-state index in [1.54, 1.807) is 31.2 Å². The van der Waals surface area contributed by atoms with E-state index in [2.05, 4.69) is 0 Å². The molecule has 0 amide bonds. The molecule has 0 bridgehead atoms. The maximum absolute atomic E-state index is 12.3. The molecular weight excluding hydrogens is 328 g/mol. The van der Waals surface area contributed by atoms with Gasteiger partial charge in [0.2, 0.25) is 0 Å². The quantitative estimate of drug-likeness (QED) is 0.457. The maximum atomic E-state index is 12.3. The molecule has 0 unspecified atom stereocenters. The fourth-order valence-electron chi connectivity index (χ4n) is 2.21. The van der Waals surface area contributed by atoms with E-state index < -0.39 is 5.97 Å². The van der Waals surface area contributed by atoms with E-state index in [1.807, 2.05) is 26.8 Å². The van der Waals surface area contributed by atoms with Crippen LogP contribution in [0, 0.1) is 6.92 Å². The Bertz CT molecular complexity index is 775. The van der Waals surface area contributed by atoms with Crippen LogP contribution in [0.4, 0.5) is 0 Å². The highest BCUT2D eigenvalue weighted by Crippen LogP contribution is 2.37. The second-order valence-corrected chi connectivity index (χ2v) is 6.92. The average Bonchev–Trinajstić information content (AvgIpc) is 2.49. The fourth-order valence-corrected chi connectivity index (χ4v) is 2.40. The lowest BCUT2D eigenvalue weighted by atomic mass is 9.86. The second kappa shape index (κ2) is 7.05. The summed E-state index contributed by atoms with van der Waals surface area (Å²) >= 11 is 5.90. The SMILES string of the molecule is Cc1cc(C(C)(C)C)cc(OC=O)c1OC(=O)c1cccc(Cl)c1. The molecular formula is C19H19ClO4. The lowest BCUT2D eigenvalue weighted by Crippen LogP contribution is -2.14. The van der Waals surface area contributed by atoms with Crippen LogP contribution in [0.1, 0.15) is 42.3 Å². The molecule has 0 spiro atoms. The maximum Gasteiger partial charge on any atom is 0.343 e. The summed E-state index contributed by atoms with van der Waals surface area (Å²) in [5.41, 5.74) is 1.86. The number of rotatable bonds is 4. The van der Waals surface area contributed by atoms with Crippen molar-refractivity contribution in [3.63, 3.8) is 0 Å². The van der Waals surface area contributed by atoms with Gasteiger partial charge in [-0.25, -0.2) is 4.79 Å². The zero-order chi connectivity index (χ0) is 17.9. The largest absolute Gasteiger partial charge is 0.425 e. The normalized spacial score (nSPS) is 11.0. The summed E-state index contributed by atoms with van der Waals surface area (Å²) in [6.45, 7) is 8.25. The van der Waals surface area contributed by atoms with E-state index in [9.17, 15) is 9.59 Å². The smallest absolute Gasteiger partial charge is 0.343 e. The fraction of sp³-hybridized carbons (Fsp3) is 0.263. The predicted molar refractivity (Wildman–Crippen MR) is 93.0 cm³/mol. The molecule has 0 aliphatic rings. The van der Waals surface area contributed by atoms with Crippen molar-refractivity contribution in [2.45, 2.75) is 33.1 Å². The van der Waals surface area contributed by atoms with Crippen molar-refractivity contribution in [1.29, 1.82) is 0 Å². The van der Waals surface area contributed by atoms with Gasteiger partial charge in [-0.3, -0.25) is 4.79 Å². The molecule has 0 aliphatic carbocycles. The third kappa shape index (κ3) is 4.15.